The molecule has 0 bridgehead atoms. The molecule has 0 aromatic rings. The highest BCUT2D eigenvalue weighted by molar-refractivity contribution is 8.10. The summed E-state index contributed by atoms with van der Waals surface area (Å²) >= 11 is 4.91. The molecular formula is C7H14N3O4PS. The molecule has 0 aliphatic carbocycles. The van der Waals surface area contributed by atoms with E-state index in [1.165, 1.54) is 0 Å². The average molecular weight is 267 g/mol. The normalized spacial score (nSPS) is 23.5. The number of rotatable bonds is 5. The Morgan fingerprint density at radius 1 is 1.75 bits per heavy atom. The van der Waals surface area contributed by atoms with Gasteiger partial charge in [-0.05, 0) is 18.2 Å². The van der Waals surface area contributed by atoms with Gasteiger partial charge in [-0.25, -0.2) is 4.79 Å². The van der Waals surface area contributed by atoms with E-state index in [9.17, 15) is 14.5 Å². The molecule has 0 aromatic carbocycles. The molecule has 0 saturated carbocycles. The van der Waals surface area contributed by atoms with Crippen molar-refractivity contribution in [2.24, 2.45) is 0 Å². The largest absolute Gasteiger partial charge is 0.465 e. The first-order chi connectivity index (χ1) is 7.38. The zero-order valence-electron chi connectivity index (χ0n) is 8.71. The van der Waals surface area contributed by atoms with Gasteiger partial charge in [0, 0.05) is 6.54 Å². The number of hydrogen-bond donors (Lipinski definition) is 4. The SMILES string of the molecule is CCCNP(O)(=S)N1CC(NC(=O)O)C1=O. The maximum atomic E-state index is 11.5. The van der Waals surface area contributed by atoms with Gasteiger partial charge in [0.2, 0.25) is 6.57 Å². The third kappa shape index (κ3) is 2.91. The average Bonchev–Trinajstić information content (AvgIpc) is 2.19. The minimum Gasteiger partial charge on any atom is -0.465 e. The van der Waals surface area contributed by atoms with Crippen LogP contribution in [0.1, 0.15) is 13.3 Å². The second-order valence-electron chi connectivity index (χ2n) is 3.37. The molecule has 0 aromatic heterocycles. The molecule has 1 aliphatic heterocycles. The van der Waals surface area contributed by atoms with Crippen molar-refractivity contribution in [2.45, 2.75) is 19.4 Å². The molecule has 2 atom stereocenters. The Balaban J connectivity index is 2.51. The first-order valence-corrected chi connectivity index (χ1v) is 7.48. The molecular weight excluding hydrogens is 253 g/mol. The van der Waals surface area contributed by atoms with Crippen LogP contribution in [0.3, 0.4) is 0 Å². The fraction of sp³-hybridized carbons (Fsp3) is 0.714. The minimum atomic E-state index is -3.02. The Bertz CT molecular complexity index is 351. The lowest BCUT2D eigenvalue weighted by Crippen LogP contribution is -2.62. The van der Waals surface area contributed by atoms with Gasteiger partial charge in [-0.2, -0.15) is 0 Å². The van der Waals surface area contributed by atoms with E-state index in [1.807, 2.05) is 12.2 Å². The Hall–Kier alpha value is -0.690. The summed E-state index contributed by atoms with van der Waals surface area (Å²) in [4.78, 5) is 31.6. The maximum absolute atomic E-state index is 11.5. The van der Waals surface area contributed by atoms with Crippen LogP contribution in [-0.2, 0) is 16.6 Å². The van der Waals surface area contributed by atoms with E-state index in [1.54, 1.807) is 0 Å². The number of β-lactam (4-membered cyclic amide) rings is 1. The first kappa shape index (κ1) is 13.4. The van der Waals surface area contributed by atoms with Crippen LogP contribution in [-0.4, -0.2) is 45.8 Å². The van der Waals surface area contributed by atoms with Gasteiger partial charge in [-0.1, -0.05) is 6.92 Å². The van der Waals surface area contributed by atoms with E-state index in [0.29, 0.717) is 6.54 Å². The van der Waals surface area contributed by atoms with E-state index in [2.05, 4.69) is 5.09 Å². The van der Waals surface area contributed by atoms with Gasteiger partial charge in [-0.15, -0.1) is 0 Å². The smallest absolute Gasteiger partial charge is 0.405 e. The lowest BCUT2D eigenvalue weighted by atomic mass is 10.2. The summed E-state index contributed by atoms with van der Waals surface area (Å²) in [5.74, 6) is -0.475. The van der Waals surface area contributed by atoms with Crippen LogP contribution >= 0.6 is 6.57 Å². The highest BCUT2D eigenvalue weighted by Gasteiger charge is 2.44. The van der Waals surface area contributed by atoms with Crippen molar-refractivity contribution in [3.63, 3.8) is 0 Å². The van der Waals surface area contributed by atoms with Crippen LogP contribution in [0.5, 0.6) is 0 Å². The summed E-state index contributed by atoms with van der Waals surface area (Å²) in [6, 6.07) is -0.782. The van der Waals surface area contributed by atoms with Gasteiger partial charge in [-0.3, -0.25) is 14.6 Å². The fourth-order valence-electron chi connectivity index (χ4n) is 1.25. The van der Waals surface area contributed by atoms with E-state index in [-0.39, 0.29) is 6.54 Å². The molecule has 2 amide bonds. The number of carbonyl (C=O) groups excluding carboxylic acids is 1. The lowest BCUT2D eigenvalue weighted by Gasteiger charge is -2.42. The lowest BCUT2D eigenvalue weighted by molar-refractivity contribution is -0.136. The topological polar surface area (TPSA) is 102 Å². The summed E-state index contributed by atoms with van der Waals surface area (Å²) in [7, 11) is 0. The zero-order valence-corrected chi connectivity index (χ0v) is 10.4. The minimum absolute atomic E-state index is 0.121. The monoisotopic (exact) mass is 267 g/mol. The molecule has 1 fully saturated rings. The van der Waals surface area contributed by atoms with Crippen molar-refractivity contribution in [3.8, 4) is 0 Å². The number of carbonyl (C=O) groups is 2. The van der Waals surface area contributed by atoms with Crippen LogP contribution in [0.15, 0.2) is 0 Å². The van der Waals surface area contributed by atoms with Crippen molar-refractivity contribution in [1.82, 2.24) is 15.1 Å². The van der Waals surface area contributed by atoms with Crippen LogP contribution in [0.2, 0.25) is 0 Å². The molecule has 1 rings (SSSR count). The molecule has 9 heteroatoms. The van der Waals surface area contributed by atoms with Gasteiger partial charge >= 0.3 is 6.09 Å². The van der Waals surface area contributed by atoms with E-state index < -0.39 is 24.6 Å². The van der Waals surface area contributed by atoms with Gasteiger partial charge in [0.1, 0.15) is 6.04 Å². The first-order valence-electron chi connectivity index (χ1n) is 4.77. The highest BCUT2D eigenvalue weighted by atomic mass is 32.4. The fourth-order valence-corrected chi connectivity index (χ4v) is 3.44. The second kappa shape index (κ2) is 5.09. The molecule has 16 heavy (non-hydrogen) atoms. The van der Waals surface area contributed by atoms with Crippen LogP contribution < -0.4 is 10.4 Å². The van der Waals surface area contributed by atoms with Crippen molar-refractivity contribution in [1.29, 1.82) is 0 Å². The number of carboxylic acid groups (broad SMARTS) is 1. The van der Waals surface area contributed by atoms with Crippen molar-refractivity contribution >= 4 is 30.4 Å². The predicted molar refractivity (Wildman–Crippen MR) is 61.5 cm³/mol. The number of amides is 2. The molecule has 1 heterocycles. The summed E-state index contributed by atoms with van der Waals surface area (Å²) in [5, 5.41) is 13.2. The van der Waals surface area contributed by atoms with E-state index in [0.717, 1.165) is 11.1 Å². The van der Waals surface area contributed by atoms with Crippen LogP contribution in [0.4, 0.5) is 4.79 Å². The maximum Gasteiger partial charge on any atom is 0.405 e. The van der Waals surface area contributed by atoms with Crippen molar-refractivity contribution in [3.05, 3.63) is 0 Å². The van der Waals surface area contributed by atoms with Gasteiger partial charge < -0.3 is 15.3 Å². The van der Waals surface area contributed by atoms with Crippen molar-refractivity contribution < 1.29 is 19.6 Å². The summed E-state index contributed by atoms with van der Waals surface area (Å²) < 4.78 is 1.12. The summed E-state index contributed by atoms with van der Waals surface area (Å²) in [6.45, 7) is -0.461. The molecule has 4 N–H and O–H groups in total. The van der Waals surface area contributed by atoms with E-state index in [4.69, 9.17) is 16.9 Å². The third-order valence-electron chi connectivity index (χ3n) is 2.10. The zero-order chi connectivity index (χ0) is 12.3. The highest BCUT2D eigenvalue weighted by Crippen LogP contribution is 2.44. The second-order valence-corrected chi connectivity index (χ2v) is 6.79. The Labute approximate surface area is 98.0 Å². The number of nitrogens with one attached hydrogen (secondary N) is 2. The molecule has 0 spiro atoms. The molecule has 2 unspecified atom stereocenters. The van der Waals surface area contributed by atoms with Crippen LogP contribution in [0, 0.1) is 0 Å². The van der Waals surface area contributed by atoms with Gasteiger partial charge in [0.25, 0.3) is 5.91 Å². The Kier molecular flexibility index (Phi) is 4.26. The van der Waals surface area contributed by atoms with Crippen LogP contribution in [0.25, 0.3) is 0 Å². The van der Waals surface area contributed by atoms with E-state index >= 15 is 0 Å². The summed E-state index contributed by atoms with van der Waals surface area (Å²) in [6.07, 6.45) is -0.469. The number of hydrogen-bond acceptors (Lipinski definition) is 3. The molecule has 92 valence electrons. The quantitative estimate of drug-likeness (QED) is 0.402. The molecule has 7 nitrogen and oxygen atoms in total. The van der Waals surface area contributed by atoms with Gasteiger partial charge in [0.05, 0.1) is 6.54 Å². The number of nitrogens with zero attached hydrogens (tertiary/aromatic N) is 1. The molecule has 1 aliphatic rings. The summed E-state index contributed by atoms with van der Waals surface area (Å²) in [5.41, 5.74) is 0. The Morgan fingerprint density at radius 3 is 2.81 bits per heavy atom. The molecule has 0 radical (unpaired) electrons. The molecule has 1 saturated heterocycles. The predicted octanol–water partition coefficient (Wildman–Crippen LogP) is -0.319. The van der Waals surface area contributed by atoms with Gasteiger partial charge in [0.15, 0.2) is 0 Å². The standard InChI is InChI=1S/C7H14N3O4PS/c1-2-3-8-15(14,16)10-4-5(6(10)11)9-7(12)13/h5,9H,2-4H2,1H3,(H,12,13)(H2,8,14,16). The Morgan fingerprint density at radius 2 is 2.38 bits per heavy atom. The van der Waals surface area contributed by atoms with Crippen molar-refractivity contribution in [2.75, 3.05) is 13.1 Å². The third-order valence-corrected chi connectivity index (χ3v) is 4.73.